The Morgan fingerprint density at radius 3 is 0.510 bits per heavy atom. The minimum Gasteiger partial charge on any atom is -0.459 e. The lowest BCUT2D eigenvalue weighted by Crippen LogP contribution is -2.39. The molecule has 5 saturated carbocycles. The van der Waals surface area contributed by atoms with Crippen molar-refractivity contribution in [1.29, 1.82) is 0 Å². The molecular weight excluding hydrogens is 1190 g/mol. The Labute approximate surface area is 605 Å². The summed E-state index contributed by atoms with van der Waals surface area (Å²) in [6, 6.07) is 0. The summed E-state index contributed by atoms with van der Waals surface area (Å²) in [5.74, 6) is -0.101. The third-order valence-electron chi connectivity index (χ3n) is 21.6. The summed E-state index contributed by atoms with van der Waals surface area (Å²) < 4.78 is 29.2. The minimum atomic E-state index is -0.354. The Morgan fingerprint density at radius 2 is 0.354 bits per heavy atom. The van der Waals surface area contributed by atoms with Crippen LogP contribution in [0.15, 0.2) is 0 Å². The monoisotopic (exact) mass is 1380 g/mol. The van der Waals surface area contributed by atoms with E-state index in [0.29, 0.717) is 0 Å². The summed E-state index contributed by atoms with van der Waals surface area (Å²) in [4.78, 5) is 60.8. The molecule has 586 valence electrons. The summed E-state index contributed by atoms with van der Waals surface area (Å²) in [5.41, 5.74) is -2.66. The van der Waals surface area contributed by atoms with Gasteiger partial charge in [-0.25, -0.2) is 0 Å². The number of rotatable bonds is 17. The van der Waals surface area contributed by atoms with Crippen LogP contribution in [0.25, 0.3) is 0 Å². The van der Waals surface area contributed by atoms with Gasteiger partial charge < -0.3 is 23.7 Å². The number of ether oxygens (including phenoxy) is 5. The Balaban J connectivity index is -0.000000118. The first-order chi connectivity index (χ1) is 40.1. The van der Waals surface area contributed by atoms with Gasteiger partial charge in [0, 0.05) is 0 Å². The maximum atomic E-state index is 12.4. The minimum absolute atomic E-state index is 0. The first kappa shape index (κ1) is 115. The fourth-order valence-corrected chi connectivity index (χ4v) is 11.7. The van der Waals surface area contributed by atoms with Gasteiger partial charge in [-0.15, -0.1) is 0 Å². The van der Waals surface area contributed by atoms with Crippen LogP contribution in [0.4, 0.5) is 0 Å². The van der Waals surface area contributed by atoms with E-state index in [2.05, 4.69) is 48.5 Å². The highest BCUT2D eigenvalue weighted by Gasteiger charge is 2.42. The molecule has 0 N–H and O–H groups in total. The summed E-state index contributed by atoms with van der Waals surface area (Å²) >= 11 is 0. The van der Waals surface area contributed by atoms with Crippen molar-refractivity contribution in [2.24, 2.45) is 27.1 Å². The Kier molecular flexibility index (Phi) is 65.7. The summed E-state index contributed by atoms with van der Waals surface area (Å²) in [6.45, 7) is 40.6. The maximum absolute atomic E-state index is 12.4. The lowest BCUT2D eigenvalue weighted by Gasteiger charge is -2.35. The molecule has 10 heteroatoms. The van der Waals surface area contributed by atoms with Gasteiger partial charge in [0.2, 0.25) is 0 Å². The summed E-state index contributed by atoms with van der Waals surface area (Å²) in [5, 5.41) is 0. The molecule has 5 rings (SSSR count). The van der Waals surface area contributed by atoms with Gasteiger partial charge >= 0.3 is 29.8 Å². The number of hydrogen-bond acceptors (Lipinski definition) is 10. The lowest BCUT2D eigenvalue weighted by atomic mass is 9.87. The predicted molar refractivity (Wildman–Crippen MR) is 426 cm³/mol. The van der Waals surface area contributed by atoms with Crippen molar-refractivity contribution in [3.63, 3.8) is 0 Å². The van der Waals surface area contributed by atoms with Gasteiger partial charge in [0.1, 0.15) is 28.0 Å². The van der Waals surface area contributed by atoms with Crippen molar-refractivity contribution in [3.05, 3.63) is 0 Å². The van der Waals surface area contributed by atoms with Crippen molar-refractivity contribution in [3.8, 4) is 0 Å². The highest BCUT2D eigenvalue weighted by atomic mass is 16.6. The first-order valence-corrected chi connectivity index (χ1v) is 36.3. The summed E-state index contributed by atoms with van der Waals surface area (Å²) in [7, 11) is 0. The van der Waals surface area contributed by atoms with Crippen LogP contribution in [-0.2, 0) is 47.7 Å². The van der Waals surface area contributed by atoms with Gasteiger partial charge in [-0.05, 0) is 263 Å². The van der Waals surface area contributed by atoms with E-state index in [0.717, 1.165) is 109 Å². The van der Waals surface area contributed by atoms with E-state index in [1.54, 1.807) is 0 Å². The molecule has 0 amide bonds. The van der Waals surface area contributed by atoms with Crippen LogP contribution in [0.2, 0.25) is 0 Å². The number of esters is 5. The zero-order chi connectivity index (χ0) is 65.4. The topological polar surface area (TPSA) is 132 Å². The van der Waals surface area contributed by atoms with Crippen LogP contribution >= 0.6 is 0 Å². The fraction of sp³-hybridized carbons (Fsp3) is 0.942. The second-order valence-corrected chi connectivity index (χ2v) is 31.5. The third-order valence-corrected chi connectivity index (χ3v) is 21.6. The van der Waals surface area contributed by atoms with Crippen molar-refractivity contribution in [1.82, 2.24) is 0 Å². The molecular formula is C86H182O10. The third kappa shape index (κ3) is 42.6. The normalized spacial score (nSPS) is 19.0. The molecule has 0 radical (unpaired) electrons. The molecule has 0 aromatic heterocycles. The molecule has 5 aliphatic rings. The van der Waals surface area contributed by atoms with Crippen LogP contribution in [0.1, 0.15) is 476 Å². The number of carbonyl (C=O) groups is 5. The average molecular weight is 1380 g/mol. The molecule has 0 aliphatic heterocycles. The van der Waals surface area contributed by atoms with Crippen LogP contribution in [0.5, 0.6) is 0 Å². The van der Waals surface area contributed by atoms with Crippen LogP contribution in [0.3, 0.4) is 0 Å². The second kappa shape index (κ2) is 55.0. The fourth-order valence-electron chi connectivity index (χ4n) is 11.7. The van der Waals surface area contributed by atoms with Crippen molar-refractivity contribution < 1.29 is 47.7 Å². The Morgan fingerprint density at radius 1 is 0.229 bits per heavy atom. The van der Waals surface area contributed by atoms with Crippen molar-refractivity contribution >= 4 is 29.8 Å². The molecule has 0 saturated heterocycles. The van der Waals surface area contributed by atoms with Gasteiger partial charge in [-0.3, -0.25) is 24.0 Å². The molecule has 0 bridgehead atoms. The first-order valence-electron chi connectivity index (χ1n) is 36.3. The lowest BCUT2D eigenvalue weighted by molar-refractivity contribution is -0.173. The number of hydrogen-bond donors (Lipinski definition) is 0. The second-order valence-electron chi connectivity index (χ2n) is 31.5. The SMILES string of the molecule is C.C.C.C.C.C.C.C.C.C.CCC(C)(C)C(=O)OC1(C)CCCC1.CCC(C)(C)C(=O)OC1(C)CCCCCCCCC1.CCC(C)(C)C(=O)OC1(C)CCCCCCCCCCC1.CCC1(OC(=O)C(C)(C)CC)CCCC1.CCC1(OC(=O)C(C)(C)CC)CCCCCC1. The molecule has 0 aromatic rings. The highest BCUT2D eigenvalue weighted by molar-refractivity contribution is 5.78. The van der Waals surface area contributed by atoms with E-state index in [1.807, 2.05) is 90.0 Å². The number of carbonyl (C=O) groups excluding carboxylic acids is 5. The van der Waals surface area contributed by atoms with E-state index in [1.165, 1.54) is 154 Å². The quantitative estimate of drug-likeness (QED) is 0.0788. The van der Waals surface area contributed by atoms with Gasteiger partial charge in [0.25, 0.3) is 0 Å². The van der Waals surface area contributed by atoms with Crippen LogP contribution in [0, 0.1) is 27.1 Å². The van der Waals surface area contributed by atoms with Gasteiger partial charge in [-0.1, -0.05) is 213 Å². The van der Waals surface area contributed by atoms with Gasteiger partial charge in [-0.2, -0.15) is 0 Å². The van der Waals surface area contributed by atoms with Crippen molar-refractivity contribution in [2.75, 3.05) is 0 Å². The predicted octanol–water partition coefficient (Wildman–Crippen LogP) is 29.1. The van der Waals surface area contributed by atoms with Crippen LogP contribution in [-0.4, -0.2) is 57.9 Å². The molecule has 0 unspecified atom stereocenters. The molecule has 0 atom stereocenters. The van der Waals surface area contributed by atoms with Crippen LogP contribution < -0.4 is 0 Å². The zero-order valence-corrected chi connectivity index (χ0v) is 60.6. The molecule has 5 aliphatic carbocycles. The average Bonchev–Trinajstić information content (AvgIpc) is 1.55. The van der Waals surface area contributed by atoms with E-state index >= 15 is 0 Å². The van der Waals surface area contributed by atoms with E-state index < -0.39 is 0 Å². The molecule has 10 nitrogen and oxygen atoms in total. The zero-order valence-electron chi connectivity index (χ0n) is 60.6. The van der Waals surface area contributed by atoms with E-state index in [4.69, 9.17) is 23.7 Å². The smallest absolute Gasteiger partial charge is 0.312 e. The van der Waals surface area contributed by atoms with E-state index in [-0.39, 0.29) is 159 Å². The largest absolute Gasteiger partial charge is 0.459 e. The molecule has 5 fully saturated rings. The standard InChI is InChI=1S/C19H36O2.C17H32O2.C15H28O2.C13H24O2.C12H22O2.10CH4/c1-5-18(2,3)17(20)21-19(4)15-13-11-9-7-6-8-10-12-14-16-19;1-5-16(2,3)15(18)19-17(4)13-11-9-7-6-8-10-12-14-17;1-5-14(3,4)13(16)17-15(6-2)11-9-7-8-10-12-15;1-5-12(3,4)11(14)15-13(6-2)9-7-8-10-13;1-5-11(2,3)10(13)14-12(4)8-6-7-9-12;;;;;;;;;;/h5-16H2,1-4H3;5-14H2,1-4H3;5-12H2,1-4H3;5-10H2,1-4H3;5-9H2,1-4H3;10*1H4. The van der Waals surface area contributed by atoms with E-state index in [9.17, 15) is 24.0 Å². The molecule has 0 heterocycles. The molecule has 0 spiro atoms. The molecule has 96 heavy (non-hydrogen) atoms. The van der Waals surface area contributed by atoms with Crippen molar-refractivity contribution in [2.45, 2.75) is 504 Å². The summed E-state index contributed by atoms with van der Waals surface area (Å²) in [6.07, 6.45) is 47.0. The Hall–Kier alpha value is -2.65. The highest BCUT2D eigenvalue weighted by Crippen LogP contribution is 2.41. The maximum Gasteiger partial charge on any atom is 0.312 e. The molecule has 0 aromatic carbocycles. The Bertz CT molecular complexity index is 1880. The van der Waals surface area contributed by atoms with Gasteiger partial charge in [0.15, 0.2) is 0 Å². The van der Waals surface area contributed by atoms with Gasteiger partial charge in [0.05, 0.1) is 27.1 Å².